The third-order valence-electron chi connectivity index (χ3n) is 4.37. The van der Waals surface area contributed by atoms with E-state index in [-0.39, 0.29) is 21.9 Å². The minimum absolute atomic E-state index is 0.0642. The molecule has 0 amide bonds. The van der Waals surface area contributed by atoms with E-state index in [2.05, 4.69) is 0 Å². The number of hydrogen-bond acceptors (Lipinski definition) is 7. The van der Waals surface area contributed by atoms with E-state index in [4.69, 9.17) is 35.0 Å². The van der Waals surface area contributed by atoms with E-state index < -0.39 is 11.6 Å². The number of benzene rings is 2. The van der Waals surface area contributed by atoms with Crippen molar-refractivity contribution < 1.29 is 28.2 Å². The Bertz CT molecular complexity index is 1110. The molecule has 0 radical (unpaired) electrons. The predicted octanol–water partition coefficient (Wildman–Crippen LogP) is 4.25. The van der Waals surface area contributed by atoms with Crippen LogP contribution in [-0.4, -0.2) is 27.3 Å². The van der Waals surface area contributed by atoms with E-state index >= 15 is 0 Å². The van der Waals surface area contributed by atoms with Crippen molar-refractivity contribution in [3.05, 3.63) is 56.9 Å². The Morgan fingerprint density at radius 3 is 2.17 bits per heavy atom. The van der Waals surface area contributed by atoms with Gasteiger partial charge in [0.2, 0.25) is 5.75 Å². The topological polar surface area (TPSA) is 84.2 Å². The van der Waals surface area contributed by atoms with Crippen molar-refractivity contribution in [2.75, 3.05) is 21.3 Å². The van der Waals surface area contributed by atoms with Crippen LogP contribution in [-0.2, 0) is 6.42 Å². The van der Waals surface area contributed by atoms with Crippen molar-refractivity contribution in [3.8, 4) is 23.0 Å². The number of carbonyl (C=O) groups is 1. The minimum atomic E-state index is -0.695. The summed E-state index contributed by atoms with van der Waals surface area (Å²) in [6.45, 7) is 1.92. The summed E-state index contributed by atoms with van der Waals surface area (Å²) in [5.74, 6) is 0.335. The average molecular weight is 419 g/mol. The summed E-state index contributed by atoms with van der Waals surface area (Å²) in [6, 6.07) is 7.38. The number of fused-ring (bicyclic) bond motifs is 1. The van der Waals surface area contributed by atoms with Gasteiger partial charge in [0, 0.05) is 17.5 Å². The molecule has 3 rings (SSSR count). The highest BCUT2D eigenvalue weighted by Crippen LogP contribution is 2.39. The summed E-state index contributed by atoms with van der Waals surface area (Å²) in [5.41, 5.74) is 0.755. The fourth-order valence-corrected chi connectivity index (χ4v) is 3.16. The number of carbonyl (C=O) groups excluding carboxylic acids is 1. The Hall–Kier alpha value is -3.19. The maximum atomic E-state index is 12.7. The van der Waals surface area contributed by atoms with Gasteiger partial charge in [0.1, 0.15) is 5.58 Å². The van der Waals surface area contributed by atoms with E-state index in [0.717, 1.165) is 5.56 Å². The first-order valence-electron chi connectivity index (χ1n) is 8.70. The number of halogens is 1. The largest absolute Gasteiger partial charge is 0.493 e. The molecular formula is C21H19ClO7. The predicted molar refractivity (Wildman–Crippen MR) is 108 cm³/mol. The zero-order valence-electron chi connectivity index (χ0n) is 16.3. The van der Waals surface area contributed by atoms with Crippen LogP contribution in [0.1, 0.15) is 22.8 Å². The maximum absolute atomic E-state index is 12.7. The molecule has 3 aromatic rings. The van der Waals surface area contributed by atoms with Crippen LogP contribution < -0.4 is 24.6 Å². The molecule has 0 N–H and O–H groups in total. The second kappa shape index (κ2) is 8.45. The quantitative estimate of drug-likeness (QED) is 0.336. The first kappa shape index (κ1) is 20.5. The van der Waals surface area contributed by atoms with Crippen LogP contribution in [0, 0.1) is 0 Å². The van der Waals surface area contributed by atoms with Crippen molar-refractivity contribution in [3.63, 3.8) is 0 Å². The zero-order valence-corrected chi connectivity index (χ0v) is 17.1. The third-order valence-corrected chi connectivity index (χ3v) is 4.66. The minimum Gasteiger partial charge on any atom is -0.493 e. The van der Waals surface area contributed by atoms with Gasteiger partial charge in [-0.3, -0.25) is 0 Å². The number of methoxy groups -OCH3 is 3. The van der Waals surface area contributed by atoms with Crippen LogP contribution in [0.25, 0.3) is 11.0 Å². The van der Waals surface area contributed by atoms with Crippen LogP contribution in [0.4, 0.5) is 0 Å². The summed E-state index contributed by atoms with van der Waals surface area (Å²) >= 11 is 6.30. The normalized spacial score (nSPS) is 10.7. The number of ether oxygens (including phenoxy) is 4. The SMILES string of the molecule is CCc1cc(=O)oc2cc(OC(=O)c3cc(OC)c(OC)c(OC)c3)c(Cl)cc12. The Balaban J connectivity index is 2.02. The van der Waals surface area contributed by atoms with Crippen LogP contribution in [0.3, 0.4) is 0 Å². The van der Waals surface area contributed by atoms with E-state index in [9.17, 15) is 9.59 Å². The van der Waals surface area contributed by atoms with Gasteiger partial charge in [-0.05, 0) is 30.2 Å². The summed E-state index contributed by atoms with van der Waals surface area (Å²) < 4.78 is 26.4. The molecule has 0 saturated carbocycles. The maximum Gasteiger partial charge on any atom is 0.343 e. The Morgan fingerprint density at radius 1 is 0.966 bits per heavy atom. The number of aryl methyl sites for hydroxylation is 1. The Labute approximate surface area is 171 Å². The second-order valence-electron chi connectivity index (χ2n) is 6.03. The second-order valence-corrected chi connectivity index (χ2v) is 6.43. The molecule has 29 heavy (non-hydrogen) atoms. The van der Waals surface area contributed by atoms with Gasteiger partial charge >= 0.3 is 11.6 Å². The summed E-state index contributed by atoms with van der Waals surface area (Å²) in [6.07, 6.45) is 0.628. The lowest BCUT2D eigenvalue weighted by molar-refractivity contribution is 0.0734. The van der Waals surface area contributed by atoms with Crippen molar-refractivity contribution in [1.29, 1.82) is 0 Å². The molecule has 0 fully saturated rings. The first-order chi connectivity index (χ1) is 13.9. The van der Waals surface area contributed by atoms with Crippen molar-refractivity contribution in [2.24, 2.45) is 0 Å². The lowest BCUT2D eigenvalue weighted by atomic mass is 10.1. The molecule has 7 nitrogen and oxygen atoms in total. The van der Waals surface area contributed by atoms with Gasteiger partial charge in [-0.15, -0.1) is 0 Å². The molecule has 1 aromatic heterocycles. The summed E-state index contributed by atoms with van der Waals surface area (Å²) in [5, 5.41) is 0.895. The van der Waals surface area contributed by atoms with Crippen molar-refractivity contribution in [2.45, 2.75) is 13.3 Å². The average Bonchev–Trinajstić information content (AvgIpc) is 2.72. The first-order valence-corrected chi connectivity index (χ1v) is 9.08. The Kier molecular flexibility index (Phi) is 5.98. The lowest BCUT2D eigenvalue weighted by Crippen LogP contribution is -2.10. The van der Waals surface area contributed by atoms with Crippen LogP contribution in [0.5, 0.6) is 23.0 Å². The van der Waals surface area contributed by atoms with E-state index in [0.29, 0.717) is 29.1 Å². The monoisotopic (exact) mass is 418 g/mol. The lowest BCUT2D eigenvalue weighted by Gasteiger charge is -2.14. The van der Waals surface area contributed by atoms with Crippen LogP contribution in [0.15, 0.2) is 39.5 Å². The molecule has 152 valence electrons. The van der Waals surface area contributed by atoms with Gasteiger partial charge < -0.3 is 23.4 Å². The van der Waals surface area contributed by atoms with E-state index in [1.807, 2.05) is 6.92 Å². The van der Waals surface area contributed by atoms with Gasteiger partial charge in [-0.25, -0.2) is 9.59 Å². The van der Waals surface area contributed by atoms with Gasteiger partial charge in [0.05, 0.1) is 31.9 Å². The number of hydrogen-bond donors (Lipinski definition) is 0. The van der Waals surface area contributed by atoms with Crippen LogP contribution >= 0.6 is 11.6 Å². The van der Waals surface area contributed by atoms with Gasteiger partial charge in [0.15, 0.2) is 17.2 Å². The van der Waals surface area contributed by atoms with E-state index in [1.165, 1.54) is 45.6 Å². The highest BCUT2D eigenvalue weighted by molar-refractivity contribution is 6.33. The molecular weight excluding hydrogens is 400 g/mol. The molecule has 8 heteroatoms. The smallest absolute Gasteiger partial charge is 0.343 e. The molecule has 1 heterocycles. The highest BCUT2D eigenvalue weighted by atomic mass is 35.5. The zero-order chi connectivity index (χ0) is 21.1. The molecule has 0 aliphatic heterocycles. The fourth-order valence-electron chi connectivity index (χ4n) is 2.96. The molecule has 0 aliphatic carbocycles. The van der Waals surface area contributed by atoms with Crippen molar-refractivity contribution in [1.82, 2.24) is 0 Å². The fraction of sp³-hybridized carbons (Fsp3) is 0.238. The standard InChI is InChI=1S/C21H19ClO7/c1-5-11-8-19(23)28-15-10-16(14(22)9-13(11)15)29-21(24)12-6-17(25-2)20(27-4)18(7-12)26-3/h6-10H,5H2,1-4H3. The Morgan fingerprint density at radius 2 is 1.62 bits per heavy atom. The molecule has 2 aromatic carbocycles. The highest BCUT2D eigenvalue weighted by Gasteiger charge is 2.20. The van der Waals surface area contributed by atoms with Gasteiger partial charge in [-0.1, -0.05) is 18.5 Å². The van der Waals surface area contributed by atoms with Gasteiger partial charge in [-0.2, -0.15) is 0 Å². The number of esters is 1. The molecule has 0 spiro atoms. The molecule has 0 atom stereocenters. The van der Waals surface area contributed by atoms with Crippen LogP contribution in [0.2, 0.25) is 5.02 Å². The van der Waals surface area contributed by atoms with E-state index in [1.54, 1.807) is 6.07 Å². The van der Waals surface area contributed by atoms with Crippen molar-refractivity contribution >= 4 is 28.5 Å². The molecule has 0 aliphatic rings. The third kappa shape index (κ3) is 4.00. The van der Waals surface area contributed by atoms with Gasteiger partial charge in [0.25, 0.3) is 0 Å². The summed E-state index contributed by atoms with van der Waals surface area (Å²) in [7, 11) is 4.35. The number of rotatable bonds is 6. The molecule has 0 saturated heterocycles. The summed E-state index contributed by atoms with van der Waals surface area (Å²) in [4.78, 5) is 24.5. The molecule has 0 bridgehead atoms. The molecule has 0 unspecified atom stereocenters.